The smallest absolute Gasteiger partial charge is 0.241 e. The maximum Gasteiger partial charge on any atom is 0.241 e. The largest absolute Gasteiger partial charge is 0.390 e. The first kappa shape index (κ1) is 13.8. The van der Waals surface area contributed by atoms with E-state index in [-0.39, 0.29) is 11.9 Å². The molecule has 0 aromatic rings. The minimum atomic E-state index is -0.609. The molecule has 2 rings (SSSR count). The van der Waals surface area contributed by atoms with Gasteiger partial charge in [-0.25, -0.2) is 0 Å². The van der Waals surface area contributed by atoms with Crippen molar-refractivity contribution in [2.45, 2.75) is 50.8 Å². The van der Waals surface area contributed by atoms with Crippen LogP contribution in [0.2, 0.25) is 0 Å². The van der Waals surface area contributed by atoms with Crippen LogP contribution in [0.1, 0.15) is 33.1 Å². The summed E-state index contributed by atoms with van der Waals surface area (Å²) in [6.07, 6.45) is 2.34. The van der Waals surface area contributed by atoms with Gasteiger partial charge in [0.15, 0.2) is 0 Å². The average Bonchev–Trinajstić information content (AvgIpc) is 2.50. The Morgan fingerprint density at radius 1 is 1.28 bits per heavy atom. The Morgan fingerprint density at radius 3 is 2.72 bits per heavy atom. The topological polar surface area (TPSA) is 64.6 Å². The molecule has 3 atom stereocenters. The summed E-state index contributed by atoms with van der Waals surface area (Å²) in [5.74, 6) is 0.173. The molecule has 0 aromatic carbocycles. The van der Waals surface area contributed by atoms with Crippen LogP contribution in [0.25, 0.3) is 0 Å². The second-order valence-electron chi connectivity index (χ2n) is 5.95. The van der Waals surface area contributed by atoms with Gasteiger partial charge in [0.1, 0.15) is 0 Å². The Balaban J connectivity index is 1.89. The molecule has 3 N–H and O–H groups in total. The molecule has 18 heavy (non-hydrogen) atoms. The minimum Gasteiger partial charge on any atom is -0.390 e. The first-order valence-electron chi connectivity index (χ1n) is 6.96. The lowest BCUT2D eigenvalue weighted by Crippen LogP contribution is -2.59. The molecule has 5 heteroatoms. The molecule has 0 aliphatic carbocycles. The van der Waals surface area contributed by atoms with E-state index >= 15 is 0 Å². The van der Waals surface area contributed by atoms with Crippen molar-refractivity contribution >= 4 is 5.91 Å². The van der Waals surface area contributed by atoms with Gasteiger partial charge < -0.3 is 20.6 Å². The number of hydrogen-bond donors (Lipinski definition) is 3. The summed E-state index contributed by atoms with van der Waals surface area (Å²) in [6, 6.07) is 0.322. The minimum absolute atomic E-state index is 0.107. The number of hydrogen-bond acceptors (Lipinski definition) is 4. The molecule has 3 unspecified atom stereocenters. The zero-order chi connectivity index (χ0) is 13.2. The third-order valence-corrected chi connectivity index (χ3v) is 4.01. The van der Waals surface area contributed by atoms with E-state index in [4.69, 9.17) is 0 Å². The summed E-state index contributed by atoms with van der Waals surface area (Å²) < 4.78 is 0. The Hall–Kier alpha value is -0.650. The average molecular weight is 255 g/mol. The van der Waals surface area contributed by atoms with Gasteiger partial charge in [-0.1, -0.05) is 0 Å². The van der Waals surface area contributed by atoms with Gasteiger partial charge in [0.25, 0.3) is 0 Å². The number of piperazine rings is 1. The lowest BCUT2D eigenvalue weighted by Gasteiger charge is -2.32. The number of carbonyl (C=O) groups is 1. The second kappa shape index (κ2) is 5.55. The highest BCUT2D eigenvalue weighted by molar-refractivity contribution is 5.82. The summed E-state index contributed by atoms with van der Waals surface area (Å²) in [5, 5.41) is 16.6. The van der Waals surface area contributed by atoms with Crippen molar-refractivity contribution in [2.75, 3.05) is 26.2 Å². The molecule has 0 saturated carbocycles. The van der Waals surface area contributed by atoms with Gasteiger partial charge in [-0.15, -0.1) is 0 Å². The number of likely N-dealkylation sites (tertiary alicyclic amines) is 1. The molecule has 2 heterocycles. The monoisotopic (exact) mass is 255 g/mol. The predicted molar refractivity (Wildman–Crippen MR) is 70.3 cm³/mol. The van der Waals surface area contributed by atoms with Gasteiger partial charge in [-0.3, -0.25) is 4.79 Å². The summed E-state index contributed by atoms with van der Waals surface area (Å²) in [7, 11) is 0. The van der Waals surface area contributed by atoms with E-state index in [1.54, 1.807) is 0 Å². The van der Waals surface area contributed by atoms with Crippen molar-refractivity contribution in [3.8, 4) is 0 Å². The Bertz CT molecular complexity index is 299. The van der Waals surface area contributed by atoms with Crippen molar-refractivity contribution in [2.24, 2.45) is 0 Å². The molecule has 2 fully saturated rings. The zero-order valence-corrected chi connectivity index (χ0v) is 11.4. The van der Waals surface area contributed by atoms with Crippen molar-refractivity contribution in [1.82, 2.24) is 15.5 Å². The molecule has 0 bridgehead atoms. The van der Waals surface area contributed by atoms with Gasteiger partial charge in [-0.05, 0) is 33.1 Å². The molecule has 0 radical (unpaired) electrons. The Morgan fingerprint density at radius 2 is 2.06 bits per heavy atom. The molecule has 0 aromatic heterocycles. The van der Waals surface area contributed by atoms with E-state index in [2.05, 4.69) is 17.6 Å². The normalized spacial score (nSPS) is 38.3. The third kappa shape index (κ3) is 3.43. The fourth-order valence-electron chi connectivity index (χ4n) is 2.66. The van der Waals surface area contributed by atoms with Crippen LogP contribution >= 0.6 is 0 Å². The number of amides is 1. The summed E-state index contributed by atoms with van der Waals surface area (Å²) in [6.45, 7) is 6.94. The molecule has 2 saturated heterocycles. The first-order chi connectivity index (χ1) is 8.48. The van der Waals surface area contributed by atoms with Crippen molar-refractivity contribution in [1.29, 1.82) is 0 Å². The fraction of sp³-hybridized carbons (Fsp3) is 0.923. The standard InChI is InChI=1S/C13H25N3O2/c1-10-8-15-11(9-14-10)12(17)16-6-3-4-13(2,18)5-7-16/h10-11,14-15,18H,3-9H2,1-2H3. The Labute approximate surface area is 109 Å². The van der Waals surface area contributed by atoms with Gasteiger partial charge in [-0.2, -0.15) is 0 Å². The predicted octanol–water partition coefficient (Wildman–Crippen LogP) is -0.300. The van der Waals surface area contributed by atoms with Crippen LogP contribution in [0, 0.1) is 0 Å². The Kier molecular flexibility index (Phi) is 4.25. The zero-order valence-electron chi connectivity index (χ0n) is 11.4. The fourth-order valence-corrected chi connectivity index (χ4v) is 2.66. The maximum atomic E-state index is 12.4. The quantitative estimate of drug-likeness (QED) is 0.602. The number of nitrogens with zero attached hydrogens (tertiary/aromatic N) is 1. The van der Waals surface area contributed by atoms with Gasteiger partial charge in [0.2, 0.25) is 5.91 Å². The second-order valence-corrected chi connectivity index (χ2v) is 5.95. The molecule has 5 nitrogen and oxygen atoms in total. The van der Waals surface area contributed by atoms with E-state index in [9.17, 15) is 9.90 Å². The molecule has 1 amide bonds. The molecule has 2 aliphatic heterocycles. The van der Waals surface area contributed by atoms with E-state index < -0.39 is 5.60 Å². The van der Waals surface area contributed by atoms with E-state index in [1.165, 1.54) is 0 Å². The summed E-state index contributed by atoms with van der Waals surface area (Å²) in [5.41, 5.74) is -0.609. The summed E-state index contributed by atoms with van der Waals surface area (Å²) in [4.78, 5) is 14.3. The number of aliphatic hydroxyl groups is 1. The van der Waals surface area contributed by atoms with Gasteiger partial charge >= 0.3 is 0 Å². The molecule has 104 valence electrons. The highest BCUT2D eigenvalue weighted by atomic mass is 16.3. The van der Waals surface area contributed by atoms with Crippen LogP contribution in [-0.4, -0.2) is 59.8 Å². The van der Waals surface area contributed by atoms with E-state index in [1.807, 2.05) is 11.8 Å². The SMILES string of the molecule is CC1CNC(C(=O)N2CCCC(C)(O)CC2)CN1. The van der Waals surface area contributed by atoms with Crippen LogP contribution in [0.4, 0.5) is 0 Å². The van der Waals surface area contributed by atoms with Crippen LogP contribution in [-0.2, 0) is 4.79 Å². The highest BCUT2D eigenvalue weighted by Gasteiger charge is 2.31. The third-order valence-electron chi connectivity index (χ3n) is 4.01. The van der Waals surface area contributed by atoms with Crippen molar-refractivity contribution in [3.63, 3.8) is 0 Å². The number of nitrogens with one attached hydrogen (secondary N) is 2. The lowest BCUT2D eigenvalue weighted by atomic mass is 9.98. The maximum absolute atomic E-state index is 12.4. The van der Waals surface area contributed by atoms with Crippen molar-refractivity contribution in [3.05, 3.63) is 0 Å². The molecule has 2 aliphatic rings. The molecule has 0 spiro atoms. The first-order valence-corrected chi connectivity index (χ1v) is 6.96. The highest BCUT2D eigenvalue weighted by Crippen LogP contribution is 2.21. The van der Waals surface area contributed by atoms with Crippen LogP contribution in [0.5, 0.6) is 0 Å². The van der Waals surface area contributed by atoms with E-state index in [0.29, 0.717) is 25.6 Å². The van der Waals surface area contributed by atoms with Crippen LogP contribution in [0.15, 0.2) is 0 Å². The molecular weight excluding hydrogens is 230 g/mol. The number of carbonyl (C=O) groups excluding carboxylic acids is 1. The molecular formula is C13H25N3O2. The van der Waals surface area contributed by atoms with Gasteiger partial charge in [0.05, 0.1) is 11.6 Å². The number of rotatable bonds is 1. The van der Waals surface area contributed by atoms with E-state index in [0.717, 1.165) is 25.9 Å². The van der Waals surface area contributed by atoms with Gasteiger partial charge in [0, 0.05) is 32.2 Å². The van der Waals surface area contributed by atoms with Crippen LogP contribution < -0.4 is 10.6 Å². The van der Waals surface area contributed by atoms with Crippen LogP contribution in [0.3, 0.4) is 0 Å². The van der Waals surface area contributed by atoms with Crippen molar-refractivity contribution < 1.29 is 9.90 Å². The lowest BCUT2D eigenvalue weighted by molar-refractivity contribution is -0.133. The summed E-state index contributed by atoms with van der Waals surface area (Å²) >= 11 is 0.